The Morgan fingerprint density at radius 3 is 2.79 bits per heavy atom. The summed E-state index contributed by atoms with van der Waals surface area (Å²) in [5.74, 6) is 4.76. The van der Waals surface area contributed by atoms with E-state index in [9.17, 15) is 9.18 Å². The molecule has 0 fully saturated rings. The van der Waals surface area contributed by atoms with Gasteiger partial charge in [0, 0.05) is 5.69 Å². The quantitative estimate of drug-likeness (QED) is 0.583. The number of nitrogens with zero attached hydrogens (tertiary/aromatic N) is 1. The fraction of sp³-hybridized carbons (Fsp3) is 0.0769. The first-order chi connectivity index (χ1) is 9.08. The first kappa shape index (κ1) is 13.0. The average molecular weight is 260 g/mol. The van der Waals surface area contributed by atoms with Crippen molar-refractivity contribution in [2.24, 2.45) is 5.84 Å². The molecule has 5 nitrogen and oxygen atoms in total. The molecule has 0 unspecified atom stereocenters. The minimum atomic E-state index is -0.429. The van der Waals surface area contributed by atoms with Gasteiger partial charge in [0.05, 0.1) is 0 Å². The predicted molar refractivity (Wildman–Crippen MR) is 71.1 cm³/mol. The van der Waals surface area contributed by atoms with Crippen LogP contribution in [-0.4, -0.2) is 10.9 Å². The van der Waals surface area contributed by atoms with E-state index in [1.807, 2.05) is 0 Å². The third-order valence-corrected chi connectivity index (χ3v) is 2.43. The van der Waals surface area contributed by atoms with E-state index in [0.29, 0.717) is 11.5 Å². The van der Waals surface area contributed by atoms with Crippen molar-refractivity contribution in [3.8, 4) is 0 Å². The van der Waals surface area contributed by atoms with Gasteiger partial charge in [-0.1, -0.05) is 6.07 Å². The number of aromatic nitrogens is 1. The Morgan fingerprint density at radius 2 is 2.11 bits per heavy atom. The van der Waals surface area contributed by atoms with E-state index in [-0.39, 0.29) is 5.69 Å². The molecular weight excluding hydrogens is 247 g/mol. The monoisotopic (exact) mass is 260 g/mol. The molecule has 0 aliphatic carbocycles. The summed E-state index contributed by atoms with van der Waals surface area (Å²) in [5.41, 5.74) is 3.65. The van der Waals surface area contributed by atoms with Crippen LogP contribution in [-0.2, 0) is 0 Å². The molecule has 2 aromatic rings. The SMILES string of the molecule is Cc1cc(F)cc(NC(=O)c2cccc(NN)n2)c1. The lowest BCUT2D eigenvalue weighted by Crippen LogP contribution is -2.16. The van der Waals surface area contributed by atoms with Gasteiger partial charge in [-0.25, -0.2) is 15.2 Å². The van der Waals surface area contributed by atoms with Crippen LogP contribution >= 0.6 is 0 Å². The van der Waals surface area contributed by atoms with Crippen molar-refractivity contribution in [3.63, 3.8) is 0 Å². The smallest absolute Gasteiger partial charge is 0.274 e. The van der Waals surface area contributed by atoms with Crippen LogP contribution in [0, 0.1) is 12.7 Å². The number of carbonyl (C=O) groups is 1. The minimum Gasteiger partial charge on any atom is -0.321 e. The summed E-state index contributed by atoms with van der Waals surface area (Å²) in [6, 6.07) is 9.12. The molecular formula is C13H13FN4O. The maximum Gasteiger partial charge on any atom is 0.274 e. The van der Waals surface area contributed by atoms with Gasteiger partial charge in [0.25, 0.3) is 5.91 Å². The minimum absolute atomic E-state index is 0.192. The van der Waals surface area contributed by atoms with E-state index in [1.54, 1.807) is 31.2 Å². The lowest BCUT2D eigenvalue weighted by molar-refractivity contribution is 0.102. The van der Waals surface area contributed by atoms with Crippen LogP contribution in [0.25, 0.3) is 0 Å². The largest absolute Gasteiger partial charge is 0.321 e. The van der Waals surface area contributed by atoms with Gasteiger partial charge in [0.2, 0.25) is 0 Å². The molecule has 0 atom stereocenters. The zero-order chi connectivity index (χ0) is 13.8. The highest BCUT2D eigenvalue weighted by Crippen LogP contribution is 2.14. The number of hydrogen-bond donors (Lipinski definition) is 3. The highest BCUT2D eigenvalue weighted by atomic mass is 19.1. The number of hydrazine groups is 1. The summed E-state index contributed by atoms with van der Waals surface area (Å²) in [7, 11) is 0. The van der Waals surface area contributed by atoms with Crippen molar-refractivity contribution in [2.75, 3.05) is 10.7 Å². The number of anilines is 2. The Balaban J connectivity index is 2.20. The van der Waals surface area contributed by atoms with E-state index in [4.69, 9.17) is 5.84 Å². The van der Waals surface area contributed by atoms with Gasteiger partial charge in [-0.15, -0.1) is 0 Å². The molecule has 6 heteroatoms. The van der Waals surface area contributed by atoms with Crippen LogP contribution < -0.4 is 16.6 Å². The summed E-state index contributed by atoms with van der Waals surface area (Å²) in [6.07, 6.45) is 0. The van der Waals surface area contributed by atoms with Crippen molar-refractivity contribution in [2.45, 2.75) is 6.92 Å². The molecule has 2 rings (SSSR count). The topological polar surface area (TPSA) is 80.0 Å². The Labute approximate surface area is 109 Å². The number of benzene rings is 1. The summed E-state index contributed by atoms with van der Waals surface area (Å²) >= 11 is 0. The Hall–Kier alpha value is -2.47. The molecule has 1 aromatic carbocycles. The summed E-state index contributed by atoms with van der Waals surface area (Å²) in [4.78, 5) is 15.9. The van der Waals surface area contributed by atoms with Crippen LogP contribution in [0.15, 0.2) is 36.4 Å². The maximum atomic E-state index is 13.2. The molecule has 0 aliphatic rings. The van der Waals surface area contributed by atoms with E-state index in [2.05, 4.69) is 15.7 Å². The number of amides is 1. The highest BCUT2D eigenvalue weighted by molar-refractivity contribution is 6.03. The van der Waals surface area contributed by atoms with Crippen molar-refractivity contribution in [1.82, 2.24) is 4.98 Å². The molecule has 19 heavy (non-hydrogen) atoms. The Kier molecular flexibility index (Phi) is 3.72. The van der Waals surface area contributed by atoms with Crippen LogP contribution in [0.4, 0.5) is 15.9 Å². The number of nitrogen functional groups attached to an aromatic ring is 1. The molecule has 0 bridgehead atoms. The van der Waals surface area contributed by atoms with Gasteiger partial charge in [-0.05, 0) is 42.8 Å². The molecule has 0 aliphatic heterocycles. The first-order valence-corrected chi connectivity index (χ1v) is 5.61. The Morgan fingerprint density at radius 1 is 1.32 bits per heavy atom. The standard InChI is InChI=1S/C13H13FN4O/c1-8-5-9(14)7-10(6-8)16-13(19)11-3-2-4-12(17-11)18-15/h2-7H,15H2,1H3,(H,16,19)(H,17,18). The first-order valence-electron chi connectivity index (χ1n) is 5.61. The fourth-order valence-corrected chi connectivity index (χ4v) is 1.65. The molecule has 0 saturated carbocycles. The molecule has 0 radical (unpaired) electrons. The maximum absolute atomic E-state index is 13.2. The number of halogens is 1. The highest BCUT2D eigenvalue weighted by Gasteiger charge is 2.09. The van der Waals surface area contributed by atoms with Crippen LogP contribution in [0.2, 0.25) is 0 Å². The van der Waals surface area contributed by atoms with Crippen molar-refractivity contribution >= 4 is 17.4 Å². The molecule has 0 saturated heterocycles. The number of rotatable bonds is 3. The Bertz CT molecular complexity index is 595. The molecule has 98 valence electrons. The predicted octanol–water partition coefficient (Wildman–Crippen LogP) is 2.07. The molecule has 0 spiro atoms. The van der Waals surface area contributed by atoms with Gasteiger partial charge in [0.15, 0.2) is 0 Å². The van der Waals surface area contributed by atoms with Gasteiger partial charge in [-0.3, -0.25) is 4.79 Å². The van der Waals surface area contributed by atoms with Gasteiger partial charge < -0.3 is 10.7 Å². The summed E-state index contributed by atoms with van der Waals surface area (Å²) < 4.78 is 13.2. The van der Waals surface area contributed by atoms with E-state index >= 15 is 0 Å². The number of carbonyl (C=O) groups excluding carboxylic acids is 1. The molecule has 1 heterocycles. The van der Waals surface area contributed by atoms with Gasteiger partial charge in [-0.2, -0.15) is 0 Å². The van der Waals surface area contributed by atoms with E-state index in [1.165, 1.54) is 12.1 Å². The third-order valence-electron chi connectivity index (χ3n) is 2.43. The number of hydrogen-bond acceptors (Lipinski definition) is 4. The zero-order valence-electron chi connectivity index (χ0n) is 10.3. The normalized spacial score (nSPS) is 10.1. The number of aryl methyl sites for hydroxylation is 1. The zero-order valence-corrected chi connectivity index (χ0v) is 10.3. The summed E-state index contributed by atoms with van der Waals surface area (Å²) in [5, 5.41) is 2.58. The molecule has 4 N–H and O–H groups in total. The third kappa shape index (κ3) is 3.26. The van der Waals surface area contributed by atoms with Gasteiger partial charge >= 0.3 is 0 Å². The number of pyridine rings is 1. The second kappa shape index (κ2) is 5.45. The average Bonchev–Trinajstić information content (AvgIpc) is 2.37. The van der Waals surface area contributed by atoms with E-state index in [0.717, 1.165) is 5.56 Å². The van der Waals surface area contributed by atoms with Gasteiger partial charge in [0.1, 0.15) is 17.3 Å². The number of nitrogens with one attached hydrogen (secondary N) is 2. The fourth-order valence-electron chi connectivity index (χ4n) is 1.65. The van der Waals surface area contributed by atoms with Crippen LogP contribution in [0.5, 0.6) is 0 Å². The second-order valence-corrected chi connectivity index (χ2v) is 4.02. The van der Waals surface area contributed by atoms with Crippen LogP contribution in [0.1, 0.15) is 16.1 Å². The summed E-state index contributed by atoms with van der Waals surface area (Å²) in [6.45, 7) is 1.75. The van der Waals surface area contributed by atoms with Crippen LogP contribution in [0.3, 0.4) is 0 Å². The van der Waals surface area contributed by atoms with Crippen molar-refractivity contribution < 1.29 is 9.18 Å². The lowest BCUT2D eigenvalue weighted by Gasteiger charge is -2.07. The molecule has 1 aromatic heterocycles. The van der Waals surface area contributed by atoms with Crippen molar-refractivity contribution in [3.05, 3.63) is 53.5 Å². The van der Waals surface area contributed by atoms with Crippen molar-refractivity contribution in [1.29, 1.82) is 0 Å². The number of nitrogens with two attached hydrogens (primary N) is 1. The molecule has 1 amide bonds. The second-order valence-electron chi connectivity index (χ2n) is 4.02. The lowest BCUT2D eigenvalue weighted by atomic mass is 10.2. The van der Waals surface area contributed by atoms with E-state index < -0.39 is 11.7 Å².